The summed E-state index contributed by atoms with van der Waals surface area (Å²) < 4.78 is 10.6. The van der Waals surface area contributed by atoms with Crippen molar-refractivity contribution in [3.05, 3.63) is 18.2 Å². The first-order valence-electron chi connectivity index (χ1n) is 9.48. The van der Waals surface area contributed by atoms with Crippen molar-refractivity contribution in [1.29, 1.82) is 0 Å². The van der Waals surface area contributed by atoms with Gasteiger partial charge in [-0.25, -0.2) is 4.79 Å². The van der Waals surface area contributed by atoms with Crippen molar-refractivity contribution >= 4 is 17.6 Å². The maximum Gasteiger partial charge on any atom is 0.318 e. The molecule has 1 atom stereocenters. The Hall–Kier alpha value is -2.44. The quantitative estimate of drug-likeness (QED) is 0.870. The van der Waals surface area contributed by atoms with Gasteiger partial charge in [-0.2, -0.15) is 0 Å². The maximum atomic E-state index is 12.7. The number of ether oxygens (including phenoxy) is 2. The van der Waals surface area contributed by atoms with Crippen LogP contribution in [0.3, 0.4) is 0 Å². The molecule has 7 heteroatoms. The van der Waals surface area contributed by atoms with Crippen molar-refractivity contribution < 1.29 is 19.1 Å². The van der Waals surface area contributed by atoms with Gasteiger partial charge in [-0.15, -0.1) is 0 Å². The number of amides is 3. The van der Waals surface area contributed by atoms with Gasteiger partial charge < -0.3 is 25.0 Å². The van der Waals surface area contributed by atoms with E-state index in [2.05, 4.69) is 10.6 Å². The summed E-state index contributed by atoms with van der Waals surface area (Å²) in [6.45, 7) is 0.822. The number of carbonyl (C=O) groups is 2. The van der Waals surface area contributed by atoms with Crippen molar-refractivity contribution in [2.45, 2.75) is 57.0 Å². The minimum Gasteiger partial charge on any atom is -0.454 e. The molecular weight excluding hydrogens is 334 g/mol. The molecule has 7 nitrogen and oxygen atoms in total. The van der Waals surface area contributed by atoms with E-state index < -0.39 is 6.04 Å². The third kappa shape index (κ3) is 3.57. The highest BCUT2D eigenvalue weighted by molar-refractivity contribution is 5.97. The van der Waals surface area contributed by atoms with Crippen LogP contribution in [0.15, 0.2) is 18.2 Å². The lowest BCUT2D eigenvalue weighted by molar-refractivity contribution is -0.119. The molecule has 2 aliphatic heterocycles. The van der Waals surface area contributed by atoms with E-state index in [9.17, 15) is 9.59 Å². The fraction of sp³-hybridized carbons (Fsp3) is 0.579. The topological polar surface area (TPSA) is 79.9 Å². The number of nitrogens with one attached hydrogen (secondary N) is 2. The molecule has 1 aromatic rings. The summed E-state index contributed by atoms with van der Waals surface area (Å²) in [6.07, 6.45) is 7.18. The van der Waals surface area contributed by atoms with Crippen LogP contribution >= 0.6 is 0 Å². The van der Waals surface area contributed by atoms with E-state index in [1.165, 1.54) is 19.3 Å². The smallest absolute Gasteiger partial charge is 0.318 e. The molecule has 26 heavy (non-hydrogen) atoms. The van der Waals surface area contributed by atoms with E-state index in [1.807, 2.05) is 0 Å². The molecule has 2 fully saturated rings. The number of urea groups is 1. The molecule has 4 rings (SSSR count). The van der Waals surface area contributed by atoms with E-state index >= 15 is 0 Å². The van der Waals surface area contributed by atoms with Gasteiger partial charge in [0.05, 0.1) is 0 Å². The summed E-state index contributed by atoms with van der Waals surface area (Å²) in [7, 11) is 0. The second-order valence-corrected chi connectivity index (χ2v) is 7.19. The molecule has 1 saturated heterocycles. The highest BCUT2D eigenvalue weighted by Gasteiger charge is 2.35. The molecule has 0 aromatic heterocycles. The summed E-state index contributed by atoms with van der Waals surface area (Å²) in [5.74, 6) is 1.15. The Morgan fingerprint density at radius 3 is 2.65 bits per heavy atom. The minimum atomic E-state index is -0.427. The maximum absolute atomic E-state index is 12.7. The Morgan fingerprint density at radius 1 is 1.00 bits per heavy atom. The fourth-order valence-electron chi connectivity index (χ4n) is 3.99. The minimum absolute atomic E-state index is 0.111. The Kier molecular flexibility index (Phi) is 4.86. The average molecular weight is 359 g/mol. The first-order chi connectivity index (χ1) is 12.7. The number of hydrogen-bond donors (Lipinski definition) is 2. The molecule has 2 N–H and O–H groups in total. The van der Waals surface area contributed by atoms with Gasteiger partial charge in [-0.1, -0.05) is 19.3 Å². The summed E-state index contributed by atoms with van der Waals surface area (Å²) >= 11 is 0. The normalized spacial score (nSPS) is 22.3. The van der Waals surface area contributed by atoms with Crippen LogP contribution in [0.4, 0.5) is 10.5 Å². The lowest BCUT2D eigenvalue weighted by Gasteiger charge is -2.29. The standard InChI is InChI=1S/C19H25N3O4/c23-18(20-14-8-9-16-17(11-14)26-12-25-16)15-7-4-10-22(15)19(24)21-13-5-2-1-3-6-13/h8-9,11,13,15H,1-7,10,12H2,(H,20,23)(H,21,24)/t15-/m1/s1. The van der Waals surface area contributed by atoms with E-state index in [-0.39, 0.29) is 24.8 Å². The Labute approximate surface area is 153 Å². The largest absolute Gasteiger partial charge is 0.454 e. The summed E-state index contributed by atoms with van der Waals surface area (Å²) in [4.78, 5) is 27.0. The zero-order valence-electron chi connectivity index (χ0n) is 14.8. The molecule has 140 valence electrons. The van der Waals surface area contributed by atoms with E-state index in [0.717, 1.165) is 19.3 Å². The van der Waals surface area contributed by atoms with Crippen LogP contribution in [0.25, 0.3) is 0 Å². The molecule has 1 saturated carbocycles. The van der Waals surface area contributed by atoms with Gasteiger partial charge in [0.2, 0.25) is 12.7 Å². The molecule has 3 amide bonds. The molecule has 0 radical (unpaired) electrons. The van der Waals surface area contributed by atoms with Crippen molar-refractivity contribution in [1.82, 2.24) is 10.2 Å². The van der Waals surface area contributed by atoms with E-state index in [0.29, 0.717) is 30.2 Å². The molecule has 0 unspecified atom stereocenters. The molecule has 0 bridgehead atoms. The molecule has 1 aromatic carbocycles. The summed E-state index contributed by atoms with van der Waals surface area (Å²) in [6, 6.07) is 5.02. The number of likely N-dealkylation sites (tertiary alicyclic amines) is 1. The number of benzene rings is 1. The van der Waals surface area contributed by atoms with E-state index in [1.54, 1.807) is 23.1 Å². The molecule has 0 spiro atoms. The SMILES string of the molecule is O=C(Nc1ccc2c(c1)OCO2)[C@H]1CCCN1C(=O)NC1CCCCC1. The average Bonchev–Trinajstić information content (AvgIpc) is 3.31. The molecule has 3 aliphatic rings. The van der Waals surface area contributed by atoms with Gasteiger partial charge in [0.1, 0.15) is 6.04 Å². The zero-order chi connectivity index (χ0) is 17.9. The lowest BCUT2D eigenvalue weighted by atomic mass is 9.96. The van der Waals surface area contributed by atoms with Gasteiger partial charge in [-0.05, 0) is 37.8 Å². The number of fused-ring (bicyclic) bond motifs is 1. The highest BCUT2D eigenvalue weighted by atomic mass is 16.7. The Morgan fingerprint density at radius 2 is 1.81 bits per heavy atom. The number of hydrogen-bond acceptors (Lipinski definition) is 4. The zero-order valence-corrected chi connectivity index (χ0v) is 14.8. The van der Waals surface area contributed by atoms with Crippen molar-refractivity contribution in [2.75, 3.05) is 18.7 Å². The predicted molar refractivity (Wildman–Crippen MR) is 96.3 cm³/mol. The first kappa shape index (κ1) is 17.0. The van der Waals surface area contributed by atoms with Crippen molar-refractivity contribution in [2.24, 2.45) is 0 Å². The van der Waals surface area contributed by atoms with Gasteiger partial charge in [0.15, 0.2) is 11.5 Å². The Balaban J connectivity index is 1.37. The molecule has 2 heterocycles. The molecule has 1 aliphatic carbocycles. The summed E-state index contributed by atoms with van der Waals surface area (Å²) in [5.41, 5.74) is 0.652. The third-order valence-electron chi connectivity index (χ3n) is 5.39. The van der Waals surface area contributed by atoms with Crippen LogP contribution < -0.4 is 20.1 Å². The summed E-state index contributed by atoms with van der Waals surface area (Å²) in [5, 5.41) is 6.02. The number of rotatable bonds is 3. The number of carbonyl (C=O) groups excluding carboxylic acids is 2. The predicted octanol–water partition coefficient (Wildman–Crippen LogP) is 2.86. The van der Waals surface area contributed by atoms with Crippen LogP contribution in [0.5, 0.6) is 11.5 Å². The Bertz CT molecular complexity index is 687. The third-order valence-corrected chi connectivity index (χ3v) is 5.39. The van der Waals surface area contributed by atoms with Crippen molar-refractivity contribution in [3.8, 4) is 11.5 Å². The van der Waals surface area contributed by atoms with Crippen molar-refractivity contribution in [3.63, 3.8) is 0 Å². The lowest BCUT2D eigenvalue weighted by Crippen LogP contribution is -2.50. The first-order valence-corrected chi connectivity index (χ1v) is 9.48. The second-order valence-electron chi connectivity index (χ2n) is 7.19. The van der Waals surface area contributed by atoms with Gasteiger partial charge in [0.25, 0.3) is 0 Å². The van der Waals surface area contributed by atoms with Gasteiger partial charge in [0, 0.05) is 24.3 Å². The molecular formula is C19H25N3O4. The second kappa shape index (κ2) is 7.43. The fourth-order valence-corrected chi connectivity index (χ4v) is 3.99. The van der Waals surface area contributed by atoms with E-state index in [4.69, 9.17) is 9.47 Å². The highest BCUT2D eigenvalue weighted by Crippen LogP contribution is 2.34. The van der Waals surface area contributed by atoms with Gasteiger partial charge in [-0.3, -0.25) is 4.79 Å². The number of anilines is 1. The van der Waals surface area contributed by atoms with Crippen LogP contribution in [-0.2, 0) is 4.79 Å². The van der Waals surface area contributed by atoms with Crippen LogP contribution in [0.1, 0.15) is 44.9 Å². The van der Waals surface area contributed by atoms with Crippen LogP contribution in [-0.4, -0.2) is 42.3 Å². The van der Waals surface area contributed by atoms with Crippen LogP contribution in [0, 0.1) is 0 Å². The van der Waals surface area contributed by atoms with Gasteiger partial charge >= 0.3 is 6.03 Å². The van der Waals surface area contributed by atoms with Crippen LogP contribution in [0.2, 0.25) is 0 Å². The monoisotopic (exact) mass is 359 g/mol. The number of nitrogens with zero attached hydrogens (tertiary/aromatic N) is 1.